The predicted octanol–water partition coefficient (Wildman–Crippen LogP) is 5.26. The quantitative estimate of drug-likeness (QED) is 0.636. The second kappa shape index (κ2) is 8.45. The molecule has 1 N–H and O–H groups in total. The highest BCUT2D eigenvalue weighted by molar-refractivity contribution is 5.29. The van der Waals surface area contributed by atoms with Crippen LogP contribution in [0.1, 0.15) is 29.7 Å². The predicted molar refractivity (Wildman–Crippen MR) is 98.9 cm³/mol. The topological polar surface area (TPSA) is 21.3 Å². The molecule has 1 atom stereocenters. The summed E-state index contributed by atoms with van der Waals surface area (Å²) in [6.07, 6.45) is 0. The molecule has 1 unspecified atom stereocenters. The van der Waals surface area contributed by atoms with Crippen LogP contribution in [-0.2, 0) is 13.2 Å². The second-order valence-corrected chi connectivity index (χ2v) is 6.08. The summed E-state index contributed by atoms with van der Waals surface area (Å²) in [5.41, 5.74) is 3.38. The zero-order valence-electron chi connectivity index (χ0n) is 14.3. The Balaban J connectivity index is 1.55. The maximum Gasteiger partial charge on any atom is 0.123 e. The van der Waals surface area contributed by atoms with Gasteiger partial charge in [0, 0.05) is 12.6 Å². The molecule has 25 heavy (non-hydrogen) atoms. The van der Waals surface area contributed by atoms with E-state index in [2.05, 4.69) is 42.6 Å². The van der Waals surface area contributed by atoms with E-state index in [1.165, 1.54) is 23.3 Å². The Morgan fingerprint density at radius 3 is 2.40 bits per heavy atom. The Hall–Kier alpha value is -2.65. The van der Waals surface area contributed by atoms with Gasteiger partial charge in [-0.05, 0) is 47.9 Å². The van der Waals surface area contributed by atoms with Gasteiger partial charge in [-0.25, -0.2) is 4.39 Å². The van der Waals surface area contributed by atoms with Crippen molar-refractivity contribution in [2.45, 2.75) is 26.1 Å². The average molecular weight is 335 g/mol. The summed E-state index contributed by atoms with van der Waals surface area (Å²) in [6, 6.07) is 25.1. The molecule has 0 bridgehead atoms. The highest BCUT2D eigenvalue weighted by atomic mass is 19.1. The van der Waals surface area contributed by atoms with E-state index in [0.29, 0.717) is 6.61 Å². The van der Waals surface area contributed by atoms with E-state index < -0.39 is 0 Å². The van der Waals surface area contributed by atoms with Gasteiger partial charge in [-0.15, -0.1) is 0 Å². The van der Waals surface area contributed by atoms with Gasteiger partial charge in [-0.3, -0.25) is 0 Å². The number of nitrogens with one attached hydrogen (secondary N) is 1. The Bertz CT molecular complexity index is 787. The first-order chi connectivity index (χ1) is 12.2. The van der Waals surface area contributed by atoms with Crippen LogP contribution < -0.4 is 10.1 Å². The van der Waals surface area contributed by atoms with Gasteiger partial charge in [0.15, 0.2) is 0 Å². The van der Waals surface area contributed by atoms with Gasteiger partial charge in [0.25, 0.3) is 0 Å². The fourth-order valence-electron chi connectivity index (χ4n) is 2.62. The summed E-state index contributed by atoms with van der Waals surface area (Å²) in [4.78, 5) is 0. The summed E-state index contributed by atoms with van der Waals surface area (Å²) in [5.74, 6) is 0.584. The second-order valence-electron chi connectivity index (χ2n) is 6.08. The molecule has 3 aromatic rings. The lowest BCUT2D eigenvalue weighted by molar-refractivity contribution is 0.305. The lowest BCUT2D eigenvalue weighted by Crippen LogP contribution is -2.17. The maximum atomic E-state index is 12.9. The van der Waals surface area contributed by atoms with Crippen LogP contribution in [-0.4, -0.2) is 0 Å². The smallest absolute Gasteiger partial charge is 0.123 e. The minimum atomic E-state index is -0.232. The standard InChI is InChI=1S/C22H22FNO/c1-17(20-7-3-2-4-8-20)24-15-19-6-5-9-22(14-19)25-16-18-10-12-21(23)13-11-18/h2-14,17,24H,15-16H2,1H3. The Morgan fingerprint density at radius 2 is 1.64 bits per heavy atom. The first kappa shape index (κ1) is 17.2. The third-order valence-electron chi connectivity index (χ3n) is 4.13. The molecule has 3 rings (SSSR count). The van der Waals surface area contributed by atoms with Crippen LogP contribution in [0.15, 0.2) is 78.9 Å². The van der Waals surface area contributed by atoms with Crippen molar-refractivity contribution in [3.63, 3.8) is 0 Å². The normalized spacial score (nSPS) is 11.9. The van der Waals surface area contributed by atoms with Crippen molar-refractivity contribution in [3.05, 3.63) is 101 Å². The van der Waals surface area contributed by atoms with Crippen LogP contribution in [0.2, 0.25) is 0 Å². The molecule has 0 heterocycles. The summed E-state index contributed by atoms with van der Waals surface area (Å²) in [6.45, 7) is 3.35. The van der Waals surface area contributed by atoms with Crippen molar-refractivity contribution in [3.8, 4) is 5.75 Å². The molecule has 0 fully saturated rings. The number of hydrogen-bond donors (Lipinski definition) is 1. The van der Waals surface area contributed by atoms with Crippen LogP contribution in [0.4, 0.5) is 4.39 Å². The van der Waals surface area contributed by atoms with Gasteiger partial charge >= 0.3 is 0 Å². The Kier molecular flexibility index (Phi) is 5.81. The molecule has 0 radical (unpaired) electrons. The van der Waals surface area contributed by atoms with Crippen molar-refractivity contribution < 1.29 is 9.13 Å². The van der Waals surface area contributed by atoms with Crippen molar-refractivity contribution in [2.24, 2.45) is 0 Å². The van der Waals surface area contributed by atoms with Crippen LogP contribution in [0.3, 0.4) is 0 Å². The molecule has 3 aromatic carbocycles. The van der Waals surface area contributed by atoms with E-state index in [1.807, 2.05) is 24.3 Å². The monoisotopic (exact) mass is 335 g/mol. The highest BCUT2D eigenvalue weighted by Crippen LogP contribution is 2.17. The lowest BCUT2D eigenvalue weighted by Gasteiger charge is -2.15. The molecule has 2 nitrogen and oxygen atoms in total. The summed E-state index contributed by atoms with van der Waals surface area (Å²) >= 11 is 0. The van der Waals surface area contributed by atoms with Crippen LogP contribution in [0.5, 0.6) is 5.75 Å². The number of halogens is 1. The third-order valence-corrected chi connectivity index (χ3v) is 4.13. The minimum Gasteiger partial charge on any atom is -0.489 e. The summed E-state index contributed by atoms with van der Waals surface area (Å²) in [5, 5.41) is 3.53. The molecule has 0 aliphatic carbocycles. The van der Waals surface area contributed by atoms with Crippen molar-refractivity contribution in [1.29, 1.82) is 0 Å². The molecule has 0 saturated heterocycles. The largest absolute Gasteiger partial charge is 0.489 e. The molecule has 0 aromatic heterocycles. The van der Waals surface area contributed by atoms with Crippen LogP contribution in [0.25, 0.3) is 0 Å². The van der Waals surface area contributed by atoms with Crippen molar-refractivity contribution in [1.82, 2.24) is 5.32 Å². The summed E-state index contributed by atoms with van der Waals surface area (Å²) in [7, 11) is 0. The Morgan fingerprint density at radius 1 is 0.880 bits per heavy atom. The van der Waals surface area contributed by atoms with Gasteiger partial charge in [0.1, 0.15) is 18.2 Å². The number of ether oxygens (including phenoxy) is 1. The Labute approximate surface area is 148 Å². The van der Waals surface area contributed by atoms with E-state index in [-0.39, 0.29) is 11.9 Å². The molecule has 128 valence electrons. The van der Waals surface area contributed by atoms with Crippen LogP contribution in [0, 0.1) is 5.82 Å². The van der Waals surface area contributed by atoms with Gasteiger partial charge < -0.3 is 10.1 Å². The first-order valence-electron chi connectivity index (χ1n) is 8.45. The molecular formula is C22H22FNO. The van der Waals surface area contributed by atoms with Crippen molar-refractivity contribution >= 4 is 0 Å². The van der Waals surface area contributed by atoms with Gasteiger partial charge in [0.05, 0.1) is 0 Å². The summed E-state index contributed by atoms with van der Waals surface area (Å²) < 4.78 is 18.7. The maximum absolute atomic E-state index is 12.9. The third kappa shape index (κ3) is 5.16. The molecule has 3 heteroatoms. The lowest BCUT2D eigenvalue weighted by atomic mass is 10.1. The van der Waals surface area contributed by atoms with E-state index >= 15 is 0 Å². The number of benzene rings is 3. The zero-order chi connectivity index (χ0) is 17.5. The zero-order valence-corrected chi connectivity index (χ0v) is 14.3. The van der Waals surface area contributed by atoms with Crippen molar-refractivity contribution in [2.75, 3.05) is 0 Å². The average Bonchev–Trinajstić information content (AvgIpc) is 2.67. The molecule has 0 saturated carbocycles. The number of rotatable bonds is 7. The van der Waals surface area contributed by atoms with E-state index in [1.54, 1.807) is 12.1 Å². The van der Waals surface area contributed by atoms with Gasteiger partial charge in [-0.1, -0.05) is 54.6 Å². The SMILES string of the molecule is CC(NCc1cccc(OCc2ccc(F)cc2)c1)c1ccccc1. The first-order valence-corrected chi connectivity index (χ1v) is 8.45. The van der Waals surface area contributed by atoms with Gasteiger partial charge in [-0.2, -0.15) is 0 Å². The van der Waals surface area contributed by atoms with Crippen LogP contribution >= 0.6 is 0 Å². The molecule has 0 aliphatic heterocycles. The highest BCUT2D eigenvalue weighted by Gasteiger charge is 2.05. The van der Waals surface area contributed by atoms with E-state index in [4.69, 9.17) is 4.74 Å². The molecular weight excluding hydrogens is 313 g/mol. The fraction of sp³-hybridized carbons (Fsp3) is 0.182. The van der Waals surface area contributed by atoms with E-state index in [9.17, 15) is 4.39 Å². The fourth-order valence-corrected chi connectivity index (χ4v) is 2.62. The molecule has 0 aliphatic rings. The van der Waals surface area contributed by atoms with E-state index in [0.717, 1.165) is 17.9 Å². The van der Waals surface area contributed by atoms with Gasteiger partial charge in [0.2, 0.25) is 0 Å². The minimum absolute atomic E-state index is 0.232. The molecule has 0 spiro atoms. The molecule has 0 amide bonds. The number of hydrogen-bond acceptors (Lipinski definition) is 2.